The Balaban J connectivity index is 1.96. The van der Waals surface area contributed by atoms with Crippen LogP contribution in [-0.4, -0.2) is 21.1 Å². The molecule has 0 fully saturated rings. The predicted octanol–water partition coefficient (Wildman–Crippen LogP) is 1.92. The molecule has 23 heavy (non-hydrogen) atoms. The van der Waals surface area contributed by atoms with Gasteiger partial charge in [-0.3, -0.25) is 19.7 Å². The maximum absolute atomic E-state index is 13.6. The van der Waals surface area contributed by atoms with Crippen LogP contribution >= 0.6 is 12.2 Å². The second-order valence-electron chi connectivity index (χ2n) is 4.91. The van der Waals surface area contributed by atoms with Crippen LogP contribution in [0.5, 0.6) is 0 Å². The second-order valence-corrected chi connectivity index (χ2v) is 5.32. The highest BCUT2D eigenvalue weighted by Crippen LogP contribution is 2.17. The molecule has 0 saturated heterocycles. The summed E-state index contributed by atoms with van der Waals surface area (Å²) in [6.45, 7) is 1.58. The van der Waals surface area contributed by atoms with Gasteiger partial charge >= 0.3 is 0 Å². The normalized spacial score (nSPS) is 12.0. The van der Waals surface area contributed by atoms with Crippen LogP contribution in [0.4, 0.5) is 8.78 Å². The van der Waals surface area contributed by atoms with Crippen LogP contribution in [0.1, 0.15) is 30.6 Å². The summed E-state index contributed by atoms with van der Waals surface area (Å²) in [5, 5.41) is 8.78. The first-order chi connectivity index (χ1) is 10.9. The van der Waals surface area contributed by atoms with Gasteiger partial charge in [0.2, 0.25) is 5.91 Å². The number of carbonyl (C=O) groups excluding carboxylic acids is 1. The molecule has 2 aromatic rings. The molecule has 1 atom stereocenters. The Labute approximate surface area is 135 Å². The quantitative estimate of drug-likeness (QED) is 0.725. The van der Waals surface area contributed by atoms with Gasteiger partial charge in [-0.15, -0.1) is 0 Å². The minimum Gasteiger partial charge on any atom is -0.349 e. The fourth-order valence-corrected chi connectivity index (χ4v) is 2.16. The van der Waals surface area contributed by atoms with Crippen molar-refractivity contribution in [1.82, 2.24) is 20.5 Å². The summed E-state index contributed by atoms with van der Waals surface area (Å²) in [5.74, 6) is -1.80. The maximum Gasteiger partial charge on any atom is 0.273 e. The van der Waals surface area contributed by atoms with Crippen molar-refractivity contribution in [2.75, 3.05) is 0 Å². The zero-order valence-corrected chi connectivity index (χ0v) is 13.0. The molecule has 0 aliphatic carbocycles. The molecule has 1 amide bonds. The van der Waals surface area contributed by atoms with Crippen molar-refractivity contribution in [2.45, 2.75) is 25.8 Å². The van der Waals surface area contributed by atoms with Gasteiger partial charge in [-0.05, 0) is 25.2 Å². The topological polar surface area (TPSA) is 90.6 Å². The van der Waals surface area contributed by atoms with Crippen LogP contribution in [-0.2, 0) is 11.2 Å². The third-order valence-corrected chi connectivity index (χ3v) is 3.37. The van der Waals surface area contributed by atoms with E-state index in [4.69, 9.17) is 12.2 Å². The van der Waals surface area contributed by atoms with Crippen molar-refractivity contribution in [3.63, 3.8) is 0 Å². The molecule has 0 spiro atoms. The number of halogens is 2. The van der Waals surface area contributed by atoms with E-state index in [9.17, 15) is 18.4 Å². The van der Waals surface area contributed by atoms with E-state index in [2.05, 4.69) is 20.5 Å². The molecule has 1 unspecified atom stereocenters. The summed E-state index contributed by atoms with van der Waals surface area (Å²) < 4.78 is 26.6. The lowest BCUT2D eigenvalue weighted by atomic mass is 10.1. The van der Waals surface area contributed by atoms with Gasteiger partial charge < -0.3 is 5.32 Å². The molecule has 122 valence electrons. The molecule has 0 aliphatic rings. The highest BCUT2D eigenvalue weighted by molar-refractivity contribution is 7.71. The van der Waals surface area contributed by atoms with E-state index in [0.29, 0.717) is 0 Å². The minimum atomic E-state index is -0.730. The smallest absolute Gasteiger partial charge is 0.273 e. The number of benzene rings is 1. The van der Waals surface area contributed by atoms with Crippen molar-refractivity contribution < 1.29 is 13.6 Å². The Morgan fingerprint density at radius 2 is 2.17 bits per heavy atom. The van der Waals surface area contributed by atoms with Gasteiger partial charge in [0.05, 0.1) is 6.04 Å². The molecular formula is C14H14F2N4O2S. The predicted molar refractivity (Wildman–Crippen MR) is 81.3 cm³/mol. The number of aromatic amines is 2. The lowest BCUT2D eigenvalue weighted by Crippen LogP contribution is -2.28. The first-order valence-electron chi connectivity index (χ1n) is 6.79. The van der Waals surface area contributed by atoms with Gasteiger partial charge in [0.25, 0.3) is 5.56 Å². The lowest BCUT2D eigenvalue weighted by Gasteiger charge is -2.15. The lowest BCUT2D eigenvalue weighted by molar-refractivity contribution is -0.121. The zero-order chi connectivity index (χ0) is 17.0. The molecule has 1 aromatic carbocycles. The third kappa shape index (κ3) is 4.52. The van der Waals surface area contributed by atoms with Crippen molar-refractivity contribution in [1.29, 1.82) is 0 Å². The van der Waals surface area contributed by atoms with Gasteiger partial charge in [-0.25, -0.2) is 8.78 Å². The standard InChI is InChI=1S/C14H14F2N4O2S/c1-7(9-3-2-8(15)6-10(9)16)17-12(21)5-4-11-13(22)18-14(23)20-19-11/h2-3,6-7H,4-5H2,1H3,(H,17,21)(H2,18,20,22,23). The highest BCUT2D eigenvalue weighted by Gasteiger charge is 2.15. The third-order valence-electron chi connectivity index (χ3n) is 3.18. The van der Waals surface area contributed by atoms with Gasteiger partial charge in [-0.1, -0.05) is 6.07 Å². The molecule has 1 heterocycles. The van der Waals surface area contributed by atoms with E-state index >= 15 is 0 Å². The van der Waals surface area contributed by atoms with Crippen LogP contribution in [0.2, 0.25) is 0 Å². The number of nitrogens with zero attached hydrogens (tertiary/aromatic N) is 1. The Morgan fingerprint density at radius 3 is 2.83 bits per heavy atom. The van der Waals surface area contributed by atoms with E-state index in [1.165, 1.54) is 6.07 Å². The summed E-state index contributed by atoms with van der Waals surface area (Å²) in [6, 6.07) is 2.53. The van der Waals surface area contributed by atoms with Gasteiger partial charge in [-0.2, -0.15) is 5.10 Å². The van der Waals surface area contributed by atoms with E-state index < -0.39 is 23.2 Å². The number of amides is 1. The van der Waals surface area contributed by atoms with E-state index in [-0.39, 0.29) is 34.8 Å². The molecule has 6 nitrogen and oxygen atoms in total. The largest absolute Gasteiger partial charge is 0.349 e. The first-order valence-corrected chi connectivity index (χ1v) is 7.20. The second kappa shape index (κ2) is 7.23. The molecule has 3 N–H and O–H groups in total. The zero-order valence-electron chi connectivity index (χ0n) is 12.2. The molecule has 0 bridgehead atoms. The summed E-state index contributed by atoms with van der Waals surface area (Å²) in [7, 11) is 0. The number of rotatable bonds is 5. The number of H-pyrrole nitrogens is 2. The SMILES string of the molecule is CC(NC(=O)CCc1n[nH]c(=S)[nH]c1=O)c1ccc(F)cc1F. The van der Waals surface area contributed by atoms with Gasteiger partial charge in [0, 0.05) is 24.5 Å². The van der Waals surface area contributed by atoms with Gasteiger partial charge in [0.15, 0.2) is 4.77 Å². The number of aryl methyl sites for hydroxylation is 1. The Bertz CT molecular complexity index is 834. The van der Waals surface area contributed by atoms with E-state index in [0.717, 1.165) is 12.1 Å². The average molecular weight is 340 g/mol. The van der Waals surface area contributed by atoms with Crippen molar-refractivity contribution in [2.24, 2.45) is 0 Å². The van der Waals surface area contributed by atoms with Crippen LogP contribution in [0, 0.1) is 16.4 Å². The number of aromatic nitrogens is 3. The molecule has 0 saturated carbocycles. The van der Waals surface area contributed by atoms with Crippen LogP contribution in [0.3, 0.4) is 0 Å². The Hall–Kier alpha value is -2.42. The van der Waals surface area contributed by atoms with E-state index in [1.54, 1.807) is 6.92 Å². The van der Waals surface area contributed by atoms with Crippen LogP contribution in [0.15, 0.2) is 23.0 Å². The number of hydrogen-bond acceptors (Lipinski definition) is 4. The highest BCUT2D eigenvalue weighted by atomic mass is 32.1. The fraction of sp³-hybridized carbons (Fsp3) is 0.286. The molecular weight excluding hydrogens is 326 g/mol. The summed E-state index contributed by atoms with van der Waals surface area (Å²) in [6.07, 6.45) is 0.0970. The van der Waals surface area contributed by atoms with Gasteiger partial charge in [0.1, 0.15) is 17.3 Å². The molecule has 2 rings (SSSR count). The summed E-state index contributed by atoms with van der Waals surface area (Å²) in [4.78, 5) is 25.8. The van der Waals surface area contributed by atoms with Crippen LogP contribution < -0.4 is 10.9 Å². The molecule has 0 aliphatic heterocycles. The molecule has 9 heteroatoms. The van der Waals surface area contributed by atoms with Crippen molar-refractivity contribution >= 4 is 18.1 Å². The number of hydrogen-bond donors (Lipinski definition) is 3. The fourth-order valence-electron chi connectivity index (χ4n) is 2.02. The minimum absolute atomic E-state index is 0.00610. The number of nitrogens with one attached hydrogen (secondary N) is 3. The first kappa shape index (κ1) is 16.9. The maximum atomic E-state index is 13.6. The number of carbonyl (C=O) groups is 1. The van der Waals surface area contributed by atoms with E-state index in [1.807, 2.05) is 0 Å². The van der Waals surface area contributed by atoms with Crippen molar-refractivity contribution in [3.8, 4) is 0 Å². The molecule has 0 radical (unpaired) electrons. The van der Waals surface area contributed by atoms with Crippen molar-refractivity contribution in [3.05, 3.63) is 56.2 Å². The summed E-state index contributed by atoms with van der Waals surface area (Å²) in [5.41, 5.74) is -0.131. The monoisotopic (exact) mass is 340 g/mol. The van der Waals surface area contributed by atoms with Crippen LogP contribution in [0.25, 0.3) is 0 Å². The Morgan fingerprint density at radius 1 is 1.43 bits per heavy atom. The Kier molecular flexibility index (Phi) is 5.32. The molecule has 1 aromatic heterocycles. The summed E-state index contributed by atoms with van der Waals surface area (Å²) >= 11 is 4.71. The average Bonchev–Trinajstić information content (AvgIpc) is 2.46.